The first-order chi connectivity index (χ1) is 18.0. The summed E-state index contributed by atoms with van der Waals surface area (Å²) in [6.45, 7) is 4.62. The predicted octanol–water partition coefficient (Wildman–Crippen LogP) is 5.81. The van der Waals surface area contributed by atoms with Crippen LogP contribution >= 0.6 is 0 Å². The molecule has 4 heterocycles. The molecule has 1 aromatic heterocycles. The van der Waals surface area contributed by atoms with Crippen LogP contribution in [0.1, 0.15) is 47.6 Å². The van der Waals surface area contributed by atoms with Crippen molar-refractivity contribution in [3.8, 4) is 5.75 Å². The van der Waals surface area contributed by atoms with Crippen LogP contribution in [-0.2, 0) is 18.8 Å². The molecule has 3 aromatic carbocycles. The fraction of sp³-hybridized carbons (Fsp3) is 0.323. The summed E-state index contributed by atoms with van der Waals surface area (Å²) in [7, 11) is 0. The van der Waals surface area contributed by atoms with E-state index in [0.717, 1.165) is 28.3 Å². The molecule has 1 unspecified atom stereocenters. The van der Waals surface area contributed by atoms with E-state index in [2.05, 4.69) is 4.98 Å². The molecule has 5 nitrogen and oxygen atoms in total. The zero-order chi connectivity index (χ0) is 25.3. The van der Waals surface area contributed by atoms with Gasteiger partial charge in [-0.3, -0.25) is 0 Å². The number of halogens is 1. The SMILES string of the molecule is OC(c1ccccc1)(c1cccc(COc2cccc(F)c2)c1)c1ncc(C[N+]23CCC(CC2)CC3)o1. The maximum absolute atomic E-state index is 13.6. The van der Waals surface area contributed by atoms with Gasteiger partial charge in [-0.1, -0.05) is 54.6 Å². The van der Waals surface area contributed by atoms with Crippen LogP contribution in [0, 0.1) is 11.7 Å². The van der Waals surface area contributed by atoms with E-state index >= 15 is 0 Å². The smallest absolute Gasteiger partial charge is 0.236 e. The van der Waals surface area contributed by atoms with Gasteiger partial charge in [0.25, 0.3) is 0 Å². The first kappa shape index (κ1) is 23.9. The lowest BCUT2D eigenvalue weighted by atomic mass is 9.85. The number of aliphatic hydroxyl groups is 1. The first-order valence-electron chi connectivity index (χ1n) is 13.1. The first-order valence-corrected chi connectivity index (χ1v) is 13.1. The van der Waals surface area contributed by atoms with Crippen molar-refractivity contribution in [1.82, 2.24) is 4.98 Å². The molecule has 0 aliphatic carbocycles. The van der Waals surface area contributed by atoms with Crippen LogP contribution in [0.4, 0.5) is 4.39 Å². The maximum Gasteiger partial charge on any atom is 0.236 e. The van der Waals surface area contributed by atoms with Crippen LogP contribution in [0.2, 0.25) is 0 Å². The van der Waals surface area contributed by atoms with Crippen LogP contribution in [0.3, 0.4) is 0 Å². The minimum atomic E-state index is -1.57. The van der Waals surface area contributed by atoms with Gasteiger partial charge in [-0.25, -0.2) is 9.37 Å². The fourth-order valence-corrected chi connectivity index (χ4v) is 5.96. The maximum atomic E-state index is 13.6. The molecule has 3 aliphatic rings. The molecule has 2 bridgehead atoms. The molecule has 37 heavy (non-hydrogen) atoms. The summed E-state index contributed by atoms with van der Waals surface area (Å²) in [5.41, 5.74) is 0.594. The van der Waals surface area contributed by atoms with Gasteiger partial charge >= 0.3 is 0 Å². The minimum absolute atomic E-state index is 0.236. The monoisotopic (exact) mass is 499 g/mol. The molecule has 3 saturated heterocycles. The Morgan fingerprint density at radius 2 is 1.65 bits per heavy atom. The van der Waals surface area contributed by atoms with E-state index in [0.29, 0.717) is 16.9 Å². The Labute approximate surface area is 216 Å². The summed E-state index contributed by atoms with van der Waals surface area (Å²) in [4.78, 5) is 4.62. The number of benzene rings is 3. The number of quaternary nitrogens is 1. The van der Waals surface area contributed by atoms with E-state index in [1.807, 2.05) is 54.6 Å². The van der Waals surface area contributed by atoms with Gasteiger partial charge in [-0.15, -0.1) is 0 Å². The number of rotatable bonds is 8. The van der Waals surface area contributed by atoms with E-state index in [4.69, 9.17) is 9.15 Å². The molecule has 6 heteroatoms. The molecule has 190 valence electrons. The molecule has 7 rings (SSSR count). The predicted molar refractivity (Wildman–Crippen MR) is 138 cm³/mol. The summed E-state index contributed by atoms with van der Waals surface area (Å²) in [5, 5.41) is 12.3. The lowest BCUT2D eigenvalue weighted by molar-refractivity contribution is -0.955. The average Bonchev–Trinajstić information content (AvgIpc) is 3.41. The zero-order valence-corrected chi connectivity index (χ0v) is 20.9. The normalized spacial score (nSPS) is 22.5. The topological polar surface area (TPSA) is 55.5 Å². The van der Waals surface area contributed by atoms with Gasteiger partial charge in [-0.05, 0) is 60.1 Å². The van der Waals surface area contributed by atoms with Crippen molar-refractivity contribution < 1.29 is 23.1 Å². The van der Waals surface area contributed by atoms with Gasteiger partial charge in [0, 0.05) is 6.07 Å². The fourth-order valence-electron chi connectivity index (χ4n) is 5.96. The van der Waals surface area contributed by atoms with Gasteiger partial charge in [0.05, 0.1) is 25.8 Å². The summed E-state index contributed by atoms with van der Waals surface area (Å²) in [6, 6.07) is 23.1. The number of nitrogens with zero attached hydrogens (tertiary/aromatic N) is 2. The highest BCUT2D eigenvalue weighted by atomic mass is 19.1. The Hall–Kier alpha value is -3.48. The van der Waals surface area contributed by atoms with Gasteiger partial charge in [0.1, 0.15) is 24.7 Å². The second kappa shape index (κ2) is 9.77. The summed E-state index contributed by atoms with van der Waals surface area (Å²) in [5.74, 6) is 2.09. The van der Waals surface area contributed by atoms with Crippen molar-refractivity contribution in [3.63, 3.8) is 0 Å². The molecule has 4 aromatic rings. The molecule has 1 atom stereocenters. The Balaban J connectivity index is 1.30. The zero-order valence-electron chi connectivity index (χ0n) is 20.9. The highest BCUT2D eigenvalue weighted by Crippen LogP contribution is 2.39. The van der Waals surface area contributed by atoms with E-state index in [-0.39, 0.29) is 18.3 Å². The van der Waals surface area contributed by atoms with Crippen molar-refractivity contribution in [1.29, 1.82) is 0 Å². The highest BCUT2D eigenvalue weighted by Gasteiger charge is 2.42. The molecule has 0 radical (unpaired) electrons. The lowest BCUT2D eigenvalue weighted by Crippen LogP contribution is -2.57. The molecule has 0 saturated carbocycles. The van der Waals surface area contributed by atoms with Crippen LogP contribution in [0.25, 0.3) is 0 Å². The third kappa shape index (κ3) is 4.79. The average molecular weight is 500 g/mol. The van der Waals surface area contributed by atoms with Crippen LogP contribution in [-0.4, -0.2) is 34.2 Å². The summed E-state index contributed by atoms with van der Waals surface area (Å²) >= 11 is 0. The Bertz CT molecular complexity index is 1350. The largest absolute Gasteiger partial charge is 0.489 e. The molecule has 0 amide bonds. The third-order valence-corrected chi connectivity index (χ3v) is 8.13. The molecule has 3 aliphatic heterocycles. The second-order valence-electron chi connectivity index (χ2n) is 10.6. The quantitative estimate of drug-likeness (QED) is 0.311. The van der Waals surface area contributed by atoms with Crippen molar-refractivity contribution in [2.45, 2.75) is 38.0 Å². The Kier molecular flexibility index (Phi) is 6.31. The van der Waals surface area contributed by atoms with Gasteiger partial charge < -0.3 is 18.7 Å². The standard InChI is InChI=1S/C31H32FN2O3/c32-27-10-5-11-28(19-27)36-22-24-6-4-9-26(18-24)31(35,25-7-2-1-3-8-25)30-33-20-29(37-30)21-34-15-12-23(13-16-34)14-17-34/h1-11,18-20,23,35H,12-17,21-22H2/q+1. The number of ether oxygens (including phenoxy) is 1. The third-order valence-electron chi connectivity index (χ3n) is 8.13. The van der Waals surface area contributed by atoms with Gasteiger partial charge in [-0.2, -0.15) is 0 Å². The molecular formula is C31H32FN2O3+. The number of piperidine rings is 3. The second-order valence-corrected chi connectivity index (χ2v) is 10.6. The van der Waals surface area contributed by atoms with Gasteiger partial charge in [0.2, 0.25) is 5.89 Å². The van der Waals surface area contributed by atoms with Gasteiger partial charge in [0.15, 0.2) is 11.4 Å². The molecule has 3 fully saturated rings. The molecule has 0 spiro atoms. The van der Waals surface area contributed by atoms with E-state index in [9.17, 15) is 9.50 Å². The van der Waals surface area contributed by atoms with Crippen molar-refractivity contribution in [2.75, 3.05) is 19.6 Å². The van der Waals surface area contributed by atoms with Crippen LogP contribution in [0.15, 0.2) is 89.5 Å². The van der Waals surface area contributed by atoms with Crippen molar-refractivity contribution >= 4 is 0 Å². The van der Waals surface area contributed by atoms with Crippen LogP contribution < -0.4 is 4.74 Å². The number of hydrogen-bond donors (Lipinski definition) is 1. The number of oxazole rings is 1. The summed E-state index contributed by atoms with van der Waals surface area (Å²) < 4.78 is 26.8. The highest BCUT2D eigenvalue weighted by molar-refractivity contribution is 5.43. The van der Waals surface area contributed by atoms with Crippen molar-refractivity contribution in [3.05, 3.63) is 119 Å². The van der Waals surface area contributed by atoms with Crippen molar-refractivity contribution in [2.24, 2.45) is 5.92 Å². The Morgan fingerprint density at radius 3 is 2.41 bits per heavy atom. The number of fused-ring (bicyclic) bond motifs is 3. The van der Waals surface area contributed by atoms with E-state index in [1.54, 1.807) is 18.3 Å². The lowest BCUT2D eigenvalue weighted by Gasteiger charge is -2.48. The number of hydrogen-bond acceptors (Lipinski definition) is 4. The minimum Gasteiger partial charge on any atom is -0.489 e. The van der Waals surface area contributed by atoms with E-state index in [1.165, 1.54) is 51.0 Å². The molecular weight excluding hydrogens is 467 g/mol. The Morgan fingerprint density at radius 1 is 0.919 bits per heavy atom. The van der Waals surface area contributed by atoms with E-state index < -0.39 is 5.60 Å². The molecule has 1 N–H and O–H groups in total. The van der Waals surface area contributed by atoms with Crippen LogP contribution in [0.5, 0.6) is 5.75 Å². The number of aromatic nitrogens is 1. The summed E-state index contributed by atoms with van der Waals surface area (Å²) in [6.07, 6.45) is 5.66.